The van der Waals surface area contributed by atoms with Crippen LogP contribution >= 0.6 is 0 Å². The molecule has 0 unspecified atom stereocenters. The van der Waals surface area contributed by atoms with Crippen molar-refractivity contribution in [3.8, 4) is 0 Å². The first kappa shape index (κ1) is 16.1. The Bertz CT molecular complexity index is 1080. The summed E-state index contributed by atoms with van der Waals surface area (Å²) >= 11 is 0. The molecule has 4 rings (SSSR count). The topological polar surface area (TPSA) is 47.2 Å². The fraction of sp³-hybridized carbons (Fsp3) is 0.0952. The minimum absolute atomic E-state index is 0.150. The van der Waals surface area contributed by atoms with E-state index in [0.29, 0.717) is 17.8 Å². The molecule has 0 bridgehead atoms. The maximum atomic E-state index is 13.9. The number of furan rings is 1. The first-order valence-electron chi connectivity index (χ1n) is 8.30. The van der Waals surface area contributed by atoms with E-state index in [1.165, 1.54) is 17.7 Å². The maximum Gasteiger partial charge on any atom is 0.272 e. The molecule has 0 saturated heterocycles. The minimum Gasteiger partial charge on any atom is -0.463 e. The second-order valence-electron chi connectivity index (χ2n) is 6.21. The standard InChI is InChI=1S/C21H17FN2O2/c1-14-6-8-15(9-7-14)13-24-18-10-11-26-20(18)12-19(24)21(25)23-17-5-3-2-4-16(17)22/h2-12H,13H2,1H3,(H,23,25). The number of carbonyl (C=O) groups excluding carboxylic acids is 1. The molecule has 26 heavy (non-hydrogen) atoms. The number of fused-ring (bicyclic) bond motifs is 1. The number of carbonyl (C=O) groups is 1. The van der Waals surface area contributed by atoms with Crippen LogP contribution in [0.5, 0.6) is 0 Å². The van der Waals surface area contributed by atoms with E-state index in [1.54, 1.807) is 24.5 Å². The molecule has 5 heteroatoms. The average Bonchev–Trinajstić information content (AvgIpc) is 3.21. The predicted octanol–water partition coefficient (Wildman–Crippen LogP) is 4.98. The van der Waals surface area contributed by atoms with E-state index in [0.717, 1.165) is 11.1 Å². The molecule has 4 nitrogen and oxygen atoms in total. The van der Waals surface area contributed by atoms with Gasteiger partial charge in [0.25, 0.3) is 5.91 Å². The molecular weight excluding hydrogens is 331 g/mol. The highest BCUT2D eigenvalue weighted by Crippen LogP contribution is 2.24. The molecule has 4 aromatic rings. The first-order chi connectivity index (χ1) is 12.6. The van der Waals surface area contributed by atoms with Gasteiger partial charge in [0.15, 0.2) is 5.58 Å². The number of hydrogen-bond acceptors (Lipinski definition) is 2. The Labute approximate surface area is 149 Å². The fourth-order valence-electron chi connectivity index (χ4n) is 2.96. The summed E-state index contributed by atoms with van der Waals surface area (Å²) in [4.78, 5) is 12.8. The molecule has 0 spiro atoms. The Kier molecular flexibility index (Phi) is 4.05. The van der Waals surface area contributed by atoms with E-state index in [2.05, 4.69) is 5.32 Å². The van der Waals surface area contributed by atoms with Crippen molar-refractivity contribution < 1.29 is 13.6 Å². The van der Waals surface area contributed by atoms with Crippen molar-refractivity contribution in [2.24, 2.45) is 0 Å². The Morgan fingerprint density at radius 3 is 2.65 bits per heavy atom. The largest absolute Gasteiger partial charge is 0.463 e. The molecule has 0 fully saturated rings. The Morgan fingerprint density at radius 2 is 1.88 bits per heavy atom. The van der Waals surface area contributed by atoms with Gasteiger partial charge in [0, 0.05) is 18.7 Å². The van der Waals surface area contributed by atoms with Crippen LogP contribution in [0.2, 0.25) is 0 Å². The van der Waals surface area contributed by atoms with Crippen molar-refractivity contribution in [2.45, 2.75) is 13.5 Å². The second-order valence-corrected chi connectivity index (χ2v) is 6.21. The van der Waals surface area contributed by atoms with Gasteiger partial charge in [0.05, 0.1) is 17.5 Å². The van der Waals surface area contributed by atoms with Crippen LogP contribution in [0.4, 0.5) is 10.1 Å². The number of anilines is 1. The number of nitrogens with zero attached hydrogens (tertiary/aromatic N) is 1. The lowest BCUT2D eigenvalue weighted by molar-refractivity contribution is 0.101. The fourth-order valence-corrected chi connectivity index (χ4v) is 2.96. The van der Waals surface area contributed by atoms with Gasteiger partial charge in [-0.05, 0) is 24.6 Å². The van der Waals surface area contributed by atoms with E-state index in [1.807, 2.05) is 41.8 Å². The number of hydrogen-bond donors (Lipinski definition) is 1. The number of benzene rings is 2. The van der Waals surface area contributed by atoms with Crippen LogP contribution in [0, 0.1) is 12.7 Å². The summed E-state index contributed by atoms with van der Waals surface area (Å²) in [5.41, 5.74) is 4.25. The Balaban J connectivity index is 1.70. The van der Waals surface area contributed by atoms with E-state index in [9.17, 15) is 9.18 Å². The highest BCUT2D eigenvalue weighted by atomic mass is 19.1. The van der Waals surface area contributed by atoms with Crippen molar-refractivity contribution in [2.75, 3.05) is 5.32 Å². The van der Waals surface area contributed by atoms with Gasteiger partial charge in [-0.15, -0.1) is 0 Å². The van der Waals surface area contributed by atoms with Crippen LogP contribution in [-0.2, 0) is 6.54 Å². The molecule has 0 aliphatic rings. The molecule has 1 N–H and O–H groups in total. The maximum absolute atomic E-state index is 13.9. The molecule has 0 radical (unpaired) electrons. The van der Waals surface area contributed by atoms with Crippen LogP contribution in [0.3, 0.4) is 0 Å². The van der Waals surface area contributed by atoms with Crippen molar-refractivity contribution in [3.63, 3.8) is 0 Å². The molecule has 0 aliphatic carbocycles. The third-order valence-corrected chi connectivity index (χ3v) is 4.34. The molecule has 2 aromatic heterocycles. The van der Waals surface area contributed by atoms with Crippen LogP contribution in [0.15, 0.2) is 71.3 Å². The summed E-state index contributed by atoms with van der Waals surface area (Å²) < 4.78 is 21.2. The molecule has 0 atom stereocenters. The van der Waals surface area contributed by atoms with E-state index in [-0.39, 0.29) is 11.6 Å². The zero-order valence-corrected chi connectivity index (χ0v) is 14.2. The van der Waals surface area contributed by atoms with Gasteiger partial charge in [-0.1, -0.05) is 42.0 Å². The van der Waals surface area contributed by atoms with E-state index in [4.69, 9.17) is 4.42 Å². The monoisotopic (exact) mass is 348 g/mol. The van der Waals surface area contributed by atoms with Crippen molar-refractivity contribution >= 4 is 22.7 Å². The second kappa shape index (κ2) is 6.52. The summed E-state index contributed by atoms with van der Waals surface area (Å²) in [6.45, 7) is 2.55. The molecular formula is C21H17FN2O2. The smallest absolute Gasteiger partial charge is 0.272 e. The average molecular weight is 348 g/mol. The minimum atomic E-state index is -0.471. The summed E-state index contributed by atoms with van der Waals surface area (Å²) in [5, 5.41) is 2.64. The number of nitrogens with one attached hydrogen (secondary N) is 1. The van der Waals surface area contributed by atoms with Crippen LogP contribution in [0.25, 0.3) is 11.1 Å². The normalized spacial score (nSPS) is 11.0. The highest BCUT2D eigenvalue weighted by Gasteiger charge is 2.18. The van der Waals surface area contributed by atoms with Crippen molar-refractivity contribution in [3.05, 3.63) is 89.6 Å². The van der Waals surface area contributed by atoms with E-state index < -0.39 is 5.82 Å². The zero-order valence-electron chi connectivity index (χ0n) is 14.2. The van der Waals surface area contributed by atoms with Crippen LogP contribution in [0.1, 0.15) is 21.6 Å². The van der Waals surface area contributed by atoms with Gasteiger partial charge < -0.3 is 14.3 Å². The molecule has 130 valence electrons. The lowest BCUT2D eigenvalue weighted by Gasteiger charge is -2.11. The zero-order chi connectivity index (χ0) is 18.1. The van der Waals surface area contributed by atoms with Gasteiger partial charge in [-0.3, -0.25) is 4.79 Å². The van der Waals surface area contributed by atoms with Crippen molar-refractivity contribution in [1.29, 1.82) is 0 Å². The molecule has 1 amide bonds. The Hall–Kier alpha value is -3.34. The lowest BCUT2D eigenvalue weighted by atomic mass is 10.1. The number of aryl methyl sites for hydroxylation is 1. The number of aromatic nitrogens is 1. The lowest BCUT2D eigenvalue weighted by Crippen LogP contribution is -2.18. The van der Waals surface area contributed by atoms with Gasteiger partial charge in [-0.25, -0.2) is 4.39 Å². The van der Waals surface area contributed by atoms with Crippen LogP contribution in [-0.4, -0.2) is 10.5 Å². The third-order valence-electron chi connectivity index (χ3n) is 4.34. The third kappa shape index (κ3) is 2.99. The quantitative estimate of drug-likeness (QED) is 0.565. The molecule has 2 heterocycles. The number of amides is 1. The SMILES string of the molecule is Cc1ccc(Cn2c(C(=O)Nc3ccccc3F)cc3occc32)cc1. The summed E-state index contributed by atoms with van der Waals surface area (Å²) in [7, 11) is 0. The summed E-state index contributed by atoms with van der Waals surface area (Å²) in [6.07, 6.45) is 1.59. The summed E-state index contributed by atoms with van der Waals surface area (Å²) in [5.74, 6) is -0.852. The first-order valence-corrected chi connectivity index (χ1v) is 8.30. The number of rotatable bonds is 4. The van der Waals surface area contributed by atoms with Gasteiger partial charge in [-0.2, -0.15) is 0 Å². The van der Waals surface area contributed by atoms with Gasteiger partial charge in [0.1, 0.15) is 11.5 Å². The molecule has 0 saturated carbocycles. The summed E-state index contributed by atoms with van der Waals surface area (Å²) in [6, 6.07) is 17.7. The molecule has 0 aliphatic heterocycles. The molecule has 2 aromatic carbocycles. The van der Waals surface area contributed by atoms with Gasteiger partial charge >= 0.3 is 0 Å². The van der Waals surface area contributed by atoms with Crippen molar-refractivity contribution in [1.82, 2.24) is 4.57 Å². The van der Waals surface area contributed by atoms with E-state index >= 15 is 0 Å². The van der Waals surface area contributed by atoms with Gasteiger partial charge in [0.2, 0.25) is 0 Å². The number of halogens is 1. The predicted molar refractivity (Wildman–Crippen MR) is 98.8 cm³/mol. The van der Waals surface area contributed by atoms with Crippen LogP contribution < -0.4 is 5.32 Å². The number of para-hydroxylation sites is 1. The highest BCUT2D eigenvalue weighted by molar-refractivity contribution is 6.05. The Morgan fingerprint density at radius 1 is 1.12 bits per heavy atom.